The van der Waals surface area contributed by atoms with Crippen LogP contribution in [0.15, 0.2) is 47.5 Å². The number of carbonyl (C=O) groups excluding carboxylic acids is 1. The summed E-state index contributed by atoms with van der Waals surface area (Å²) in [5.41, 5.74) is 4.18. The van der Waals surface area contributed by atoms with Gasteiger partial charge < -0.3 is 4.90 Å². The Kier molecular flexibility index (Phi) is 6.29. The zero-order valence-electron chi connectivity index (χ0n) is 21.7. The van der Waals surface area contributed by atoms with E-state index in [1.807, 2.05) is 19.1 Å². The number of nitrogens with one attached hydrogen (secondary N) is 1. The number of amides is 1. The molecule has 196 valence electrons. The highest BCUT2D eigenvalue weighted by Gasteiger charge is 2.41. The number of benzene rings is 1. The van der Waals surface area contributed by atoms with Crippen LogP contribution in [-0.2, 0) is 6.42 Å². The standard InChI is InChI=1S/C29H31FN6O2/c1-17-26(32-12-11-31-17)27-25(29(38)35-16-22(15-30)18(35)2)28-33-23(14-24(37)36(28)34-27)21-9-7-20(8-10-21)13-19-5-3-4-6-19/h7-12,14,18-19,22,34H,3-6,13,15-16H2,1-2H3/t18-,22-/m1/s1. The summed E-state index contributed by atoms with van der Waals surface area (Å²) in [6, 6.07) is 9.42. The third kappa shape index (κ3) is 4.19. The van der Waals surface area contributed by atoms with Crippen molar-refractivity contribution in [2.24, 2.45) is 11.8 Å². The van der Waals surface area contributed by atoms with E-state index in [1.165, 1.54) is 41.8 Å². The Morgan fingerprint density at radius 1 is 1.13 bits per heavy atom. The first-order valence-corrected chi connectivity index (χ1v) is 13.3. The lowest BCUT2D eigenvalue weighted by Gasteiger charge is -2.45. The van der Waals surface area contributed by atoms with Crippen molar-refractivity contribution in [2.75, 3.05) is 13.2 Å². The van der Waals surface area contributed by atoms with Crippen molar-refractivity contribution < 1.29 is 9.18 Å². The molecule has 2 fully saturated rings. The van der Waals surface area contributed by atoms with Crippen molar-refractivity contribution >= 4 is 11.6 Å². The normalized spacial score (nSPS) is 19.7. The molecule has 1 saturated carbocycles. The number of alkyl halides is 1. The average molecular weight is 515 g/mol. The third-order valence-corrected chi connectivity index (χ3v) is 8.26. The number of H-pyrrole nitrogens is 1. The van der Waals surface area contributed by atoms with Gasteiger partial charge in [0.05, 0.1) is 23.8 Å². The van der Waals surface area contributed by atoms with E-state index in [4.69, 9.17) is 4.98 Å². The minimum atomic E-state index is -0.479. The van der Waals surface area contributed by atoms with Crippen molar-refractivity contribution in [1.82, 2.24) is 29.5 Å². The zero-order chi connectivity index (χ0) is 26.4. The Morgan fingerprint density at radius 2 is 1.87 bits per heavy atom. The number of hydrogen-bond acceptors (Lipinski definition) is 5. The van der Waals surface area contributed by atoms with Crippen molar-refractivity contribution in [1.29, 1.82) is 0 Å². The van der Waals surface area contributed by atoms with Gasteiger partial charge in [-0.15, -0.1) is 0 Å². The van der Waals surface area contributed by atoms with Gasteiger partial charge in [-0.25, -0.2) is 9.50 Å². The fourth-order valence-electron chi connectivity index (χ4n) is 5.85. The maximum absolute atomic E-state index is 13.8. The SMILES string of the molecule is Cc1nccnc1-c1[nH]n2c(=O)cc(-c3ccc(CC4CCCC4)cc3)nc2c1C(=O)N1C[C@@H](CF)[C@H]1C. The van der Waals surface area contributed by atoms with E-state index in [-0.39, 0.29) is 34.6 Å². The molecule has 1 amide bonds. The second kappa shape index (κ2) is 9.78. The fourth-order valence-corrected chi connectivity index (χ4v) is 5.85. The van der Waals surface area contributed by atoms with E-state index in [0.717, 1.165) is 17.9 Å². The summed E-state index contributed by atoms with van der Waals surface area (Å²) in [5.74, 6) is 0.245. The molecule has 1 aliphatic carbocycles. The maximum Gasteiger partial charge on any atom is 0.273 e. The summed E-state index contributed by atoms with van der Waals surface area (Å²) in [4.78, 5) is 42.3. The molecule has 0 bridgehead atoms. The van der Waals surface area contributed by atoms with Gasteiger partial charge in [-0.05, 0) is 31.7 Å². The zero-order valence-corrected chi connectivity index (χ0v) is 21.7. The fraction of sp³-hybridized carbons (Fsp3) is 0.414. The number of rotatable bonds is 6. The van der Waals surface area contributed by atoms with Crippen molar-refractivity contribution in [3.05, 3.63) is 69.9 Å². The molecule has 8 nitrogen and oxygen atoms in total. The van der Waals surface area contributed by atoms with Crippen LogP contribution in [-0.4, -0.2) is 54.6 Å². The summed E-state index contributed by atoms with van der Waals surface area (Å²) in [5, 5.41) is 3.06. The predicted molar refractivity (Wildman–Crippen MR) is 143 cm³/mol. The minimum absolute atomic E-state index is 0.195. The Balaban J connectivity index is 1.44. The molecule has 6 rings (SSSR count). The van der Waals surface area contributed by atoms with Crippen LogP contribution >= 0.6 is 0 Å². The Labute approximate surface area is 219 Å². The van der Waals surface area contributed by atoms with E-state index in [1.54, 1.807) is 24.2 Å². The van der Waals surface area contributed by atoms with Gasteiger partial charge in [0.1, 0.15) is 11.3 Å². The van der Waals surface area contributed by atoms with Gasteiger partial charge in [-0.1, -0.05) is 49.9 Å². The van der Waals surface area contributed by atoms with E-state index in [2.05, 4.69) is 27.2 Å². The number of halogens is 1. The van der Waals surface area contributed by atoms with Crippen LogP contribution in [0.1, 0.15) is 54.2 Å². The highest BCUT2D eigenvalue weighted by molar-refractivity contribution is 6.06. The molecule has 1 aromatic carbocycles. The number of hydrogen-bond donors (Lipinski definition) is 1. The number of nitrogens with zero attached hydrogens (tertiary/aromatic N) is 5. The Bertz CT molecular complexity index is 1550. The highest BCUT2D eigenvalue weighted by Crippen LogP contribution is 2.33. The first kappa shape index (κ1) is 24.5. The molecule has 1 saturated heterocycles. The smallest absolute Gasteiger partial charge is 0.273 e. The lowest BCUT2D eigenvalue weighted by Crippen LogP contribution is -2.58. The molecule has 1 N–H and O–H groups in total. The number of aromatic amines is 1. The van der Waals surface area contributed by atoms with E-state index in [0.29, 0.717) is 29.3 Å². The summed E-state index contributed by atoms with van der Waals surface area (Å²) < 4.78 is 14.6. The summed E-state index contributed by atoms with van der Waals surface area (Å²) in [7, 11) is 0. The molecule has 9 heteroatoms. The molecule has 4 aromatic rings. The lowest BCUT2D eigenvalue weighted by molar-refractivity contribution is 0.0142. The van der Waals surface area contributed by atoms with Gasteiger partial charge in [0.2, 0.25) is 0 Å². The molecule has 38 heavy (non-hydrogen) atoms. The number of fused-ring (bicyclic) bond motifs is 1. The van der Waals surface area contributed by atoms with Crippen LogP contribution < -0.4 is 5.56 Å². The van der Waals surface area contributed by atoms with E-state index in [9.17, 15) is 14.0 Å². The van der Waals surface area contributed by atoms with Crippen LogP contribution in [0.5, 0.6) is 0 Å². The number of likely N-dealkylation sites (tertiary alicyclic amines) is 1. The molecular weight excluding hydrogens is 483 g/mol. The number of aromatic nitrogens is 5. The average Bonchev–Trinajstić information content (AvgIpc) is 3.57. The minimum Gasteiger partial charge on any atom is -0.335 e. The third-order valence-electron chi connectivity index (χ3n) is 8.26. The molecule has 2 aliphatic rings. The van der Waals surface area contributed by atoms with Crippen LogP contribution in [0.2, 0.25) is 0 Å². The van der Waals surface area contributed by atoms with Gasteiger partial charge in [0.25, 0.3) is 11.5 Å². The molecule has 0 unspecified atom stereocenters. The van der Waals surface area contributed by atoms with Crippen molar-refractivity contribution in [3.8, 4) is 22.6 Å². The van der Waals surface area contributed by atoms with Gasteiger partial charge in [0, 0.05) is 42.5 Å². The maximum atomic E-state index is 13.8. The second-order valence-electron chi connectivity index (χ2n) is 10.7. The number of aryl methyl sites for hydroxylation is 1. The first-order chi connectivity index (χ1) is 18.4. The van der Waals surface area contributed by atoms with Crippen LogP contribution in [0.4, 0.5) is 4.39 Å². The van der Waals surface area contributed by atoms with Crippen molar-refractivity contribution in [2.45, 2.75) is 52.0 Å². The molecule has 1 aliphatic heterocycles. The monoisotopic (exact) mass is 514 g/mol. The van der Waals surface area contributed by atoms with Crippen LogP contribution in [0.3, 0.4) is 0 Å². The quantitative estimate of drug-likeness (QED) is 0.405. The number of carbonyl (C=O) groups is 1. The van der Waals surface area contributed by atoms with Gasteiger partial charge in [-0.2, -0.15) is 0 Å². The largest absolute Gasteiger partial charge is 0.335 e. The lowest BCUT2D eigenvalue weighted by atomic mass is 9.90. The second-order valence-corrected chi connectivity index (χ2v) is 10.7. The van der Waals surface area contributed by atoms with Crippen LogP contribution in [0, 0.1) is 18.8 Å². The van der Waals surface area contributed by atoms with Gasteiger partial charge in [-0.3, -0.25) is 29.0 Å². The Hall–Kier alpha value is -3.88. The highest BCUT2D eigenvalue weighted by atomic mass is 19.1. The topological polar surface area (TPSA) is 96.2 Å². The molecule has 4 heterocycles. The molecule has 2 atom stereocenters. The molecular formula is C29H31FN6O2. The van der Waals surface area contributed by atoms with E-state index < -0.39 is 6.67 Å². The van der Waals surface area contributed by atoms with Crippen molar-refractivity contribution in [3.63, 3.8) is 0 Å². The van der Waals surface area contributed by atoms with Gasteiger partial charge >= 0.3 is 0 Å². The molecule has 3 aromatic heterocycles. The molecule has 0 radical (unpaired) electrons. The summed E-state index contributed by atoms with van der Waals surface area (Å²) in [6.07, 6.45) is 9.39. The molecule has 0 spiro atoms. The van der Waals surface area contributed by atoms with Gasteiger partial charge in [0.15, 0.2) is 5.65 Å². The summed E-state index contributed by atoms with van der Waals surface area (Å²) >= 11 is 0. The van der Waals surface area contributed by atoms with Crippen LogP contribution in [0.25, 0.3) is 28.3 Å². The Morgan fingerprint density at radius 3 is 2.55 bits per heavy atom. The predicted octanol–water partition coefficient (Wildman–Crippen LogP) is 4.62. The van der Waals surface area contributed by atoms with E-state index >= 15 is 0 Å². The summed E-state index contributed by atoms with van der Waals surface area (Å²) in [6.45, 7) is 3.47. The first-order valence-electron chi connectivity index (χ1n) is 13.3.